The van der Waals surface area contributed by atoms with E-state index >= 15 is 0 Å². The summed E-state index contributed by atoms with van der Waals surface area (Å²) in [5, 5.41) is 0. The molecule has 1 aliphatic rings. The van der Waals surface area contributed by atoms with Gasteiger partial charge in [-0.1, -0.05) is 19.9 Å². The molecule has 1 aliphatic heterocycles. The molecule has 20 heavy (non-hydrogen) atoms. The molecule has 2 heterocycles. The van der Waals surface area contributed by atoms with E-state index in [0.717, 1.165) is 30.0 Å². The van der Waals surface area contributed by atoms with Crippen molar-refractivity contribution in [2.45, 2.75) is 34.1 Å². The number of allylic oxidation sites excluding steroid dienone is 1. The molecule has 4 heteroatoms. The fourth-order valence-electron chi connectivity index (χ4n) is 2.55. The number of ether oxygens (including phenoxy) is 1. The second kappa shape index (κ2) is 5.65. The SMILES string of the molecule is CCOC(=O)/C=C1\N(c2ncccc2C)CCC1(C)C. The maximum atomic E-state index is 11.8. The van der Waals surface area contributed by atoms with Crippen LogP contribution in [-0.2, 0) is 9.53 Å². The first kappa shape index (κ1) is 14.6. The number of hydrogen-bond acceptors (Lipinski definition) is 4. The van der Waals surface area contributed by atoms with Gasteiger partial charge >= 0.3 is 5.97 Å². The van der Waals surface area contributed by atoms with E-state index in [2.05, 4.69) is 23.7 Å². The highest BCUT2D eigenvalue weighted by atomic mass is 16.5. The zero-order valence-corrected chi connectivity index (χ0v) is 12.6. The Hall–Kier alpha value is -1.84. The topological polar surface area (TPSA) is 42.4 Å². The predicted octanol–water partition coefficient (Wildman–Crippen LogP) is 3.07. The molecule has 0 aliphatic carbocycles. The lowest BCUT2D eigenvalue weighted by molar-refractivity contribution is -0.137. The number of pyridine rings is 1. The largest absolute Gasteiger partial charge is 0.463 e. The average molecular weight is 274 g/mol. The molecule has 1 saturated heterocycles. The maximum absolute atomic E-state index is 11.8. The van der Waals surface area contributed by atoms with E-state index in [0.29, 0.717) is 6.61 Å². The third-order valence-corrected chi connectivity index (χ3v) is 3.72. The van der Waals surface area contributed by atoms with Gasteiger partial charge in [-0.25, -0.2) is 9.78 Å². The Morgan fingerprint density at radius 3 is 2.95 bits per heavy atom. The van der Waals surface area contributed by atoms with Crippen LogP contribution in [0, 0.1) is 12.3 Å². The molecular formula is C16H22N2O2. The second-order valence-electron chi connectivity index (χ2n) is 5.71. The van der Waals surface area contributed by atoms with Crippen LogP contribution >= 0.6 is 0 Å². The van der Waals surface area contributed by atoms with E-state index in [9.17, 15) is 4.79 Å². The Bertz CT molecular complexity index is 535. The van der Waals surface area contributed by atoms with E-state index in [4.69, 9.17) is 4.74 Å². The Morgan fingerprint density at radius 1 is 1.55 bits per heavy atom. The zero-order chi connectivity index (χ0) is 14.8. The van der Waals surface area contributed by atoms with Gasteiger partial charge in [-0.05, 0) is 31.9 Å². The highest BCUT2D eigenvalue weighted by Crippen LogP contribution is 2.42. The Kier molecular flexibility index (Phi) is 4.12. The molecule has 0 spiro atoms. The highest BCUT2D eigenvalue weighted by Gasteiger charge is 2.37. The third kappa shape index (κ3) is 2.84. The van der Waals surface area contributed by atoms with Crippen LogP contribution in [0.4, 0.5) is 5.82 Å². The standard InChI is InChI=1S/C16H22N2O2/c1-5-20-14(19)11-13-16(3,4)8-10-18(13)15-12(2)7-6-9-17-15/h6-7,9,11H,5,8,10H2,1-4H3/b13-11-. The van der Waals surface area contributed by atoms with Crippen LogP contribution in [0.1, 0.15) is 32.8 Å². The summed E-state index contributed by atoms with van der Waals surface area (Å²) in [6, 6.07) is 3.96. The molecule has 0 N–H and O–H groups in total. The number of carbonyl (C=O) groups is 1. The lowest BCUT2D eigenvalue weighted by Crippen LogP contribution is -2.23. The minimum atomic E-state index is -0.281. The second-order valence-corrected chi connectivity index (χ2v) is 5.71. The smallest absolute Gasteiger partial charge is 0.332 e. The number of hydrogen-bond donors (Lipinski definition) is 0. The molecule has 1 aromatic rings. The summed E-state index contributed by atoms with van der Waals surface area (Å²) in [5.41, 5.74) is 2.05. The van der Waals surface area contributed by atoms with Crippen molar-refractivity contribution in [2.24, 2.45) is 5.41 Å². The first-order chi connectivity index (χ1) is 9.45. The van der Waals surface area contributed by atoms with E-state index in [1.165, 1.54) is 0 Å². The molecule has 0 aromatic carbocycles. The Labute approximate surface area is 120 Å². The predicted molar refractivity (Wildman–Crippen MR) is 79.4 cm³/mol. The lowest BCUT2D eigenvalue weighted by Gasteiger charge is -2.26. The monoisotopic (exact) mass is 274 g/mol. The zero-order valence-electron chi connectivity index (χ0n) is 12.6. The van der Waals surface area contributed by atoms with E-state index in [1.54, 1.807) is 12.3 Å². The van der Waals surface area contributed by atoms with Gasteiger partial charge in [0.05, 0.1) is 6.61 Å². The normalized spacial score (nSPS) is 19.4. The van der Waals surface area contributed by atoms with Gasteiger partial charge in [0.2, 0.25) is 0 Å². The number of esters is 1. The summed E-state index contributed by atoms with van der Waals surface area (Å²) in [6.45, 7) is 9.42. The molecule has 2 rings (SSSR count). The number of rotatable bonds is 3. The number of carbonyl (C=O) groups excluding carboxylic acids is 1. The lowest BCUT2D eigenvalue weighted by atomic mass is 9.89. The molecule has 1 fully saturated rings. The van der Waals surface area contributed by atoms with Crippen LogP contribution in [0.15, 0.2) is 30.1 Å². The van der Waals surface area contributed by atoms with Gasteiger partial charge in [-0.2, -0.15) is 0 Å². The van der Waals surface area contributed by atoms with Crippen molar-refractivity contribution >= 4 is 11.8 Å². The average Bonchev–Trinajstić information content (AvgIpc) is 2.67. The molecule has 4 nitrogen and oxygen atoms in total. The van der Waals surface area contributed by atoms with Gasteiger partial charge in [0, 0.05) is 29.9 Å². The summed E-state index contributed by atoms with van der Waals surface area (Å²) in [5.74, 6) is 0.643. The minimum absolute atomic E-state index is 0.0449. The van der Waals surface area contributed by atoms with Crippen LogP contribution in [-0.4, -0.2) is 24.1 Å². The molecule has 108 valence electrons. The van der Waals surface area contributed by atoms with Crippen LogP contribution in [0.5, 0.6) is 0 Å². The number of aromatic nitrogens is 1. The first-order valence-corrected chi connectivity index (χ1v) is 7.04. The van der Waals surface area contributed by atoms with E-state index in [1.807, 2.05) is 26.0 Å². The molecule has 1 aromatic heterocycles. The summed E-state index contributed by atoms with van der Waals surface area (Å²) < 4.78 is 5.05. The van der Waals surface area contributed by atoms with Gasteiger partial charge in [0.25, 0.3) is 0 Å². The minimum Gasteiger partial charge on any atom is -0.463 e. The van der Waals surface area contributed by atoms with Crippen molar-refractivity contribution < 1.29 is 9.53 Å². The summed E-state index contributed by atoms with van der Waals surface area (Å²) >= 11 is 0. The third-order valence-electron chi connectivity index (χ3n) is 3.72. The van der Waals surface area contributed by atoms with E-state index in [-0.39, 0.29) is 11.4 Å². The van der Waals surface area contributed by atoms with Crippen molar-refractivity contribution in [1.29, 1.82) is 0 Å². The molecule has 0 radical (unpaired) electrons. The Balaban J connectivity index is 2.38. The molecule has 0 amide bonds. The van der Waals surface area contributed by atoms with Gasteiger partial charge in [0.15, 0.2) is 0 Å². The summed E-state index contributed by atoms with van der Waals surface area (Å²) in [7, 11) is 0. The number of nitrogens with zero attached hydrogens (tertiary/aromatic N) is 2. The molecule has 0 unspecified atom stereocenters. The van der Waals surface area contributed by atoms with Crippen molar-refractivity contribution in [3.8, 4) is 0 Å². The number of anilines is 1. The molecular weight excluding hydrogens is 252 g/mol. The van der Waals surface area contributed by atoms with Crippen LogP contribution in [0.3, 0.4) is 0 Å². The van der Waals surface area contributed by atoms with Crippen molar-refractivity contribution in [3.63, 3.8) is 0 Å². The first-order valence-electron chi connectivity index (χ1n) is 7.04. The van der Waals surface area contributed by atoms with E-state index < -0.39 is 0 Å². The van der Waals surface area contributed by atoms with Gasteiger partial charge < -0.3 is 9.64 Å². The fraction of sp³-hybridized carbons (Fsp3) is 0.500. The van der Waals surface area contributed by atoms with Crippen molar-refractivity contribution in [2.75, 3.05) is 18.1 Å². The molecule has 0 bridgehead atoms. The summed E-state index contributed by atoms with van der Waals surface area (Å²) in [4.78, 5) is 18.4. The van der Waals surface area contributed by atoms with Crippen LogP contribution < -0.4 is 4.90 Å². The van der Waals surface area contributed by atoms with Gasteiger partial charge in [-0.15, -0.1) is 0 Å². The molecule has 0 atom stereocenters. The quantitative estimate of drug-likeness (QED) is 0.627. The highest BCUT2D eigenvalue weighted by molar-refractivity contribution is 5.84. The fourth-order valence-corrected chi connectivity index (χ4v) is 2.55. The van der Waals surface area contributed by atoms with Gasteiger partial charge in [-0.3, -0.25) is 0 Å². The molecule has 0 saturated carbocycles. The number of aryl methyl sites for hydroxylation is 1. The van der Waals surface area contributed by atoms with Crippen molar-refractivity contribution in [3.05, 3.63) is 35.7 Å². The van der Waals surface area contributed by atoms with Gasteiger partial charge in [0.1, 0.15) is 5.82 Å². The summed E-state index contributed by atoms with van der Waals surface area (Å²) in [6.07, 6.45) is 4.40. The Morgan fingerprint density at radius 2 is 2.30 bits per heavy atom. The van der Waals surface area contributed by atoms with Crippen LogP contribution in [0.2, 0.25) is 0 Å². The maximum Gasteiger partial charge on any atom is 0.332 e. The van der Waals surface area contributed by atoms with Crippen LogP contribution in [0.25, 0.3) is 0 Å². The van der Waals surface area contributed by atoms with Crippen molar-refractivity contribution in [1.82, 2.24) is 4.98 Å².